The number of anilines is 1. The van der Waals surface area contributed by atoms with E-state index in [-0.39, 0.29) is 24.6 Å². The molecule has 3 unspecified atom stereocenters. The summed E-state index contributed by atoms with van der Waals surface area (Å²) in [4.78, 5) is 37.3. The standard InChI is InChI=1S/C29H31F3N6O4S/c1-36(2)19-8-5-7-17(13-19)21-11-6-12-37(21)27(42)25(40)24(39)26(41)33-14-23-34-18(16-43-23)15-38-22-10-4-3-9-20(22)35-28(38)29(30,31)32/h3-5,7-10,13,16,21,24-25,39-40H,6,11-12,14-15H2,1-2H3,(H,33,41). The second-order valence-corrected chi connectivity index (χ2v) is 11.5. The summed E-state index contributed by atoms with van der Waals surface area (Å²) in [5.41, 5.74) is 2.71. The predicted octanol–water partition coefficient (Wildman–Crippen LogP) is 3.33. The van der Waals surface area contributed by atoms with Crippen molar-refractivity contribution in [1.29, 1.82) is 0 Å². The molecule has 3 atom stereocenters. The average molecular weight is 617 g/mol. The van der Waals surface area contributed by atoms with Crippen molar-refractivity contribution in [3.63, 3.8) is 0 Å². The number of alkyl halides is 3. The Morgan fingerprint density at radius 1 is 1.12 bits per heavy atom. The second-order valence-electron chi connectivity index (χ2n) is 10.5. The fraction of sp³-hybridized carbons (Fsp3) is 0.379. The summed E-state index contributed by atoms with van der Waals surface area (Å²) < 4.78 is 41.9. The number of carbonyl (C=O) groups excluding carboxylic acids is 2. The molecule has 2 aromatic heterocycles. The molecule has 228 valence electrons. The van der Waals surface area contributed by atoms with Crippen molar-refractivity contribution in [2.24, 2.45) is 0 Å². The molecule has 1 saturated heterocycles. The minimum absolute atomic E-state index is 0.151. The molecule has 5 rings (SSSR count). The summed E-state index contributed by atoms with van der Waals surface area (Å²) in [6.07, 6.45) is -7.26. The zero-order chi connectivity index (χ0) is 30.9. The van der Waals surface area contributed by atoms with Gasteiger partial charge in [-0.25, -0.2) is 9.97 Å². The van der Waals surface area contributed by atoms with E-state index < -0.39 is 36.0 Å². The van der Waals surface area contributed by atoms with Crippen LogP contribution in [0.3, 0.4) is 0 Å². The van der Waals surface area contributed by atoms with Crippen molar-refractivity contribution in [3.05, 3.63) is 76.0 Å². The van der Waals surface area contributed by atoms with Gasteiger partial charge in [-0.2, -0.15) is 13.2 Å². The number of rotatable bonds is 9. The zero-order valence-corrected chi connectivity index (χ0v) is 24.3. The minimum atomic E-state index is -4.66. The molecule has 2 aromatic carbocycles. The molecule has 10 nitrogen and oxygen atoms in total. The van der Waals surface area contributed by atoms with Gasteiger partial charge < -0.3 is 29.9 Å². The Hall–Kier alpha value is -4.01. The van der Waals surface area contributed by atoms with Crippen LogP contribution in [0.25, 0.3) is 11.0 Å². The Morgan fingerprint density at radius 3 is 2.63 bits per heavy atom. The van der Waals surface area contributed by atoms with E-state index in [9.17, 15) is 33.0 Å². The Labute approximate surface area is 249 Å². The first-order valence-electron chi connectivity index (χ1n) is 13.6. The smallest absolute Gasteiger partial charge is 0.380 e. The molecule has 0 bridgehead atoms. The maximum Gasteiger partial charge on any atom is 0.449 e. The molecule has 4 aromatic rings. The highest BCUT2D eigenvalue weighted by atomic mass is 32.1. The molecule has 0 saturated carbocycles. The number of hydrogen-bond donors (Lipinski definition) is 3. The fourth-order valence-electron chi connectivity index (χ4n) is 5.22. The summed E-state index contributed by atoms with van der Waals surface area (Å²) in [5, 5.41) is 25.5. The Kier molecular flexibility index (Phi) is 8.71. The van der Waals surface area contributed by atoms with Crippen LogP contribution in [0.1, 0.15) is 41.0 Å². The summed E-state index contributed by atoms with van der Waals surface area (Å²) >= 11 is 1.12. The number of aliphatic hydroxyl groups excluding tert-OH is 2. The lowest BCUT2D eigenvalue weighted by molar-refractivity contribution is -0.153. The molecule has 3 N–H and O–H groups in total. The summed E-state index contributed by atoms with van der Waals surface area (Å²) in [5.74, 6) is -2.75. The maximum atomic E-state index is 13.6. The van der Waals surface area contributed by atoms with Crippen LogP contribution in [0, 0.1) is 0 Å². The molecule has 0 aliphatic carbocycles. The van der Waals surface area contributed by atoms with Crippen LogP contribution in [-0.2, 0) is 28.9 Å². The molecule has 1 aliphatic heterocycles. The van der Waals surface area contributed by atoms with Gasteiger partial charge in [-0.3, -0.25) is 9.59 Å². The Morgan fingerprint density at radius 2 is 1.88 bits per heavy atom. The highest BCUT2D eigenvalue weighted by Crippen LogP contribution is 2.34. The van der Waals surface area contributed by atoms with Gasteiger partial charge in [0, 0.05) is 31.7 Å². The number of imidazole rings is 1. The number of likely N-dealkylation sites (tertiary alicyclic amines) is 1. The van der Waals surface area contributed by atoms with E-state index in [1.165, 1.54) is 11.0 Å². The number of amides is 2. The molecule has 3 heterocycles. The van der Waals surface area contributed by atoms with Gasteiger partial charge in [0.15, 0.2) is 12.2 Å². The van der Waals surface area contributed by atoms with Crippen LogP contribution in [-0.4, -0.2) is 74.3 Å². The van der Waals surface area contributed by atoms with Gasteiger partial charge in [-0.05, 0) is 42.7 Å². The van der Waals surface area contributed by atoms with Crippen molar-refractivity contribution in [3.8, 4) is 0 Å². The molecule has 14 heteroatoms. The van der Waals surface area contributed by atoms with E-state index in [2.05, 4.69) is 15.3 Å². The fourth-order valence-corrected chi connectivity index (χ4v) is 5.94. The van der Waals surface area contributed by atoms with Gasteiger partial charge in [0.25, 0.3) is 11.8 Å². The zero-order valence-electron chi connectivity index (χ0n) is 23.5. The normalized spacial score (nSPS) is 16.8. The van der Waals surface area contributed by atoms with E-state index in [0.29, 0.717) is 35.6 Å². The van der Waals surface area contributed by atoms with Gasteiger partial charge in [-0.15, -0.1) is 11.3 Å². The number of carbonyl (C=O) groups is 2. The summed E-state index contributed by atoms with van der Waals surface area (Å²) in [7, 11) is 3.82. The number of nitrogens with one attached hydrogen (secondary N) is 1. The first kappa shape index (κ1) is 30.4. The number of halogens is 3. The van der Waals surface area contributed by atoms with Crippen LogP contribution < -0.4 is 10.2 Å². The van der Waals surface area contributed by atoms with Gasteiger partial charge in [-0.1, -0.05) is 24.3 Å². The monoisotopic (exact) mass is 616 g/mol. The van der Waals surface area contributed by atoms with E-state index in [1.807, 2.05) is 43.3 Å². The largest absolute Gasteiger partial charge is 0.449 e. The van der Waals surface area contributed by atoms with Crippen molar-refractivity contribution in [2.45, 2.75) is 50.4 Å². The Bertz CT molecular complexity index is 1620. The molecular formula is C29H31F3N6O4S. The quantitative estimate of drug-likeness (QED) is 0.264. The highest BCUT2D eigenvalue weighted by molar-refractivity contribution is 7.09. The Balaban J connectivity index is 1.21. The molecular weight excluding hydrogens is 585 g/mol. The van der Waals surface area contributed by atoms with E-state index in [0.717, 1.165) is 27.2 Å². The minimum Gasteiger partial charge on any atom is -0.380 e. The number of para-hydroxylation sites is 2. The SMILES string of the molecule is CN(C)c1cccc(C2CCCN2C(=O)C(O)C(O)C(=O)NCc2nc(Cn3c(C(F)(F)F)nc4ccccc43)cs2)c1. The molecule has 2 amide bonds. The lowest BCUT2D eigenvalue weighted by Gasteiger charge is -2.29. The molecule has 0 radical (unpaired) electrons. The molecule has 0 spiro atoms. The van der Waals surface area contributed by atoms with Crippen molar-refractivity contribution in [1.82, 2.24) is 24.8 Å². The van der Waals surface area contributed by atoms with Crippen LogP contribution >= 0.6 is 11.3 Å². The van der Waals surface area contributed by atoms with E-state index in [1.54, 1.807) is 23.6 Å². The van der Waals surface area contributed by atoms with Crippen LogP contribution in [0.2, 0.25) is 0 Å². The van der Waals surface area contributed by atoms with Gasteiger partial charge in [0.2, 0.25) is 5.82 Å². The maximum absolute atomic E-state index is 13.6. The van der Waals surface area contributed by atoms with Crippen LogP contribution in [0.15, 0.2) is 53.9 Å². The van der Waals surface area contributed by atoms with Crippen LogP contribution in [0.5, 0.6) is 0 Å². The third kappa shape index (κ3) is 6.50. The first-order chi connectivity index (χ1) is 20.4. The van der Waals surface area contributed by atoms with Crippen LogP contribution in [0.4, 0.5) is 18.9 Å². The van der Waals surface area contributed by atoms with Gasteiger partial charge in [0.1, 0.15) is 5.01 Å². The lowest BCUT2D eigenvalue weighted by Crippen LogP contribution is -2.50. The number of fused-ring (bicyclic) bond motifs is 1. The van der Waals surface area contributed by atoms with Crippen molar-refractivity contribution < 1.29 is 33.0 Å². The number of hydrogen-bond acceptors (Lipinski definition) is 8. The third-order valence-electron chi connectivity index (χ3n) is 7.37. The number of aliphatic hydroxyl groups is 2. The number of nitrogens with zero attached hydrogens (tertiary/aromatic N) is 5. The average Bonchev–Trinajstić information content (AvgIpc) is 3.74. The molecule has 1 aliphatic rings. The van der Waals surface area contributed by atoms with E-state index in [4.69, 9.17) is 0 Å². The van der Waals surface area contributed by atoms with Crippen molar-refractivity contribution in [2.75, 3.05) is 25.5 Å². The second kappa shape index (κ2) is 12.3. The molecule has 1 fully saturated rings. The summed E-state index contributed by atoms with van der Waals surface area (Å²) in [6, 6.07) is 13.7. The van der Waals surface area contributed by atoms with Gasteiger partial charge in [0.05, 0.1) is 35.9 Å². The van der Waals surface area contributed by atoms with Gasteiger partial charge >= 0.3 is 6.18 Å². The lowest BCUT2D eigenvalue weighted by atomic mass is 10.0. The van der Waals surface area contributed by atoms with E-state index >= 15 is 0 Å². The van der Waals surface area contributed by atoms with Crippen molar-refractivity contribution >= 4 is 39.9 Å². The first-order valence-corrected chi connectivity index (χ1v) is 14.5. The number of benzene rings is 2. The number of aromatic nitrogens is 3. The topological polar surface area (TPSA) is 124 Å². The molecule has 43 heavy (non-hydrogen) atoms. The number of thiazole rings is 1. The predicted molar refractivity (Wildman–Crippen MR) is 154 cm³/mol. The third-order valence-corrected chi connectivity index (χ3v) is 8.27. The summed E-state index contributed by atoms with van der Waals surface area (Å²) in [6.45, 7) is 0.0390. The highest BCUT2D eigenvalue weighted by Gasteiger charge is 2.39.